The molecule has 1 unspecified atom stereocenters. The van der Waals surface area contributed by atoms with Gasteiger partial charge in [-0.15, -0.1) is 0 Å². The zero-order chi connectivity index (χ0) is 15.7. The number of benzene rings is 1. The van der Waals surface area contributed by atoms with E-state index in [1.54, 1.807) is 4.90 Å². The molecule has 8 heteroatoms. The highest BCUT2D eigenvalue weighted by Gasteiger charge is 2.27. The summed E-state index contributed by atoms with van der Waals surface area (Å²) >= 11 is 0. The Morgan fingerprint density at radius 1 is 1.50 bits per heavy atom. The molecular formula is C14H14N4O4. The average Bonchev–Trinajstić information content (AvgIpc) is 2.95. The normalized spacial score (nSPS) is 16.8. The molecule has 2 aromatic rings. The molecule has 1 aliphatic rings. The fourth-order valence-electron chi connectivity index (χ4n) is 2.38. The number of ether oxygens (including phenoxy) is 1. The Morgan fingerprint density at radius 2 is 2.27 bits per heavy atom. The van der Waals surface area contributed by atoms with Crippen LogP contribution in [0.2, 0.25) is 0 Å². The quantitative estimate of drug-likeness (QED) is 0.634. The molecule has 8 nitrogen and oxygen atoms in total. The minimum absolute atomic E-state index is 0.0606. The number of amides is 1. The summed E-state index contributed by atoms with van der Waals surface area (Å²) in [6, 6.07) is 7.29. The Balaban J connectivity index is 1.81. The Hall–Kier alpha value is -2.90. The molecule has 3 rings (SSSR count). The maximum Gasteiger partial charge on any atom is 0.307 e. The summed E-state index contributed by atoms with van der Waals surface area (Å²) < 4.78 is 6.96. The van der Waals surface area contributed by atoms with Gasteiger partial charge >= 0.3 is 5.69 Å². The van der Waals surface area contributed by atoms with Gasteiger partial charge in [-0.25, -0.2) is 0 Å². The molecule has 1 aromatic carbocycles. The van der Waals surface area contributed by atoms with Crippen LogP contribution in [0.15, 0.2) is 36.7 Å². The van der Waals surface area contributed by atoms with Crippen LogP contribution in [0.5, 0.6) is 5.75 Å². The van der Waals surface area contributed by atoms with Gasteiger partial charge in [0.05, 0.1) is 17.2 Å². The zero-order valence-corrected chi connectivity index (χ0v) is 11.9. The summed E-state index contributed by atoms with van der Waals surface area (Å²) in [5, 5.41) is 14.5. The van der Waals surface area contributed by atoms with Crippen molar-refractivity contribution in [3.8, 4) is 5.75 Å². The fourth-order valence-corrected chi connectivity index (χ4v) is 2.38. The summed E-state index contributed by atoms with van der Waals surface area (Å²) in [6.07, 6.45) is 2.25. The Labute approximate surface area is 126 Å². The van der Waals surface area contributed by atoms with E-state index in [0.717, 1.165) is 6.20 Å². The van der Waals surface area contributed by atoms with Gasteiger partial charge in [0, 0.05) is 0 Å². The van der Waals surface area contributed by atoms with Crippen molar-refractivity contribution < 1.29 is 14.5 Å². The maximum atomic E-state index is 12.5. The average molecular weight is 302 g/mol. The van der Waals surface area contributed by atoms with E-state index < -0.39 is 4.92 Å². The van der Waals surface area contributed by atoms with Gasteiger partial charge in [0.1, 0.15) is 30.8 Å². The molecule has 0 saturated carbocycles. The first kappa shape index (κ1) is 14.1. The van der Waals surface area contributed by atoms with Gasteiger partial charge in [0.25, 0.3) is 0 Å². The maximum absolute atomic E-state index is 12.5. The third-order valence-corrected chi connectivity index (χ3v) is 3.35. The molecule has 0 radical (unpaired) electrons. The fraction of sp³-hybridized carbons (Fsp3) is 0.286. The van der Waals surface area contributed by atoms with Gasteiger partial charge in [-0.3, -0.25) is 19.6 Å². The Morgan fingerprint density at radius 3 is 3.00 bits per heavy atom. The number of nitro groups is 1. The molecule has 1 atom stereocenters. The third kappa shape index (κ3) is 2.62. The van der Waals surface area contributed by atoms with E-state index in [2.05, 4.69) is 5.10 Å². The number of nitrogens with zero attached hydrogens (tertiary/aromatic N) is 4. The van der Waals surface area contributed by atoms with Crippen molar-refractivity contribution >= 4 is 17.3 Å². The number of fused-ring (bicyclic) bond motifs is 1. The molecular weight excluding hydrogens is 288 g/mol. The van der Waals surface area contributed by atoms with Crippen molar-refractivity contribution in [3.05, 3.63) is 46.8 Å². The smallest absolute Gasteiger partial charge is 0.307 e. The predicted octanol–water partition coefficient (Wildman–Crippen LogP) is 1.61. The van der Waals surface area contributed by atoms with Crippen molar-refractivity contribution in [2.24, 2.45) is 0 Å². The van der Waals surface area contributed by atoms with Gasteiger partial charge in [0.15, 0.2) is 0 Å². The van der Waals surface area contributed by atoms with E-state index in [1.807, 2.05) is 31.2 Å². The van der Waals surface area contributed by atoms with Crippen LogP contribution in [-0.4, -0.2) is 33.3 Å². The summed E-state index contributed by atoms with van der Waals surface area (Å²) in [4.78, 5) is 24.2. The molecule has 0 aliphatic carbocycles. The largest absolute Gasteiger partial charge is 0.487 e. The molecule has 1 aromatic heterocycles. The summed E-state index contributed by atoms with van der Waals surface area (Å²) in [6.45, 7) is 2.25. The van der Waals surface area contributed by atoms with Gasteiger partial charge in [-0.1, -0.05) is 12.1 Å². The minimum atomic E-state index is -0.542. The van der Waals surface area contributed by atoms with Crippen molar-refractivity contribution in [1.29, 1.82) is 0 Å². The zero-order valence-electron chi connectivity index (χ0n) is 11.9. The molecule has 1 amide bonds. The van der Waals surface area contributed by atoms with E-state index in [4.69, 9.17) is 4.74 Å². The summed E-state index contributed by atoms with van der Waals surface area (Å²) in [5.41, 5.74) is 0.566. The number of hydrogen-bond acceptors (Lipinski definition) is 5. The first-order valence-corrected chi connectivity index (χ1v) is 6.77. The molecule has 0 saturated heterocycles. The minimum Gasteiger partial charge on any atom is -0.487 e. The SMILES string of the molecule is CC1CN(C(=O)Cn2cc([N+](=O)[O-])cn2)c2ccccc2O1. The monoisotopic (exact) mass is 302 g/mol. The van der Waals surface area contributed by atoms with Crippen molar-refractivity contribution in [2.45, 2.75) is 19.6 Å². The van der Waals surface area contributed by atoms with E-state index in [-0.39, 0.29) is 24.2 Å². The molecule has 0 bridgehead atoms. The number of rotatable bonds is 3. The van der Waals surface area contributed by atoms with Crippen LogP contribution >= 0.6 is 0 Å². The van der Waals surface area contributed by atoms with Crippen LogP contribution in [0.4, 0.5) is 11.4 Å². The van der Waals surface area contributed by atoms with E-state index >= 15 is 0 Å². The molecule has 1 aliphatic heterocycles. The lowest BCUT2D eigenvalue weighted by Crippen LogP contribution is -2.43. The van der Waals surface area contributed by atoms with Crippen molar-refractivity contribution in [2.75, 3.05) is 11.4 Å². The lowest BCUT2D eigenvalue weighted by atomic mass is 10.2. The molecule has 0 N–H and O–H groups in total. The number of carbonyl (C=O) groups excluding carboxylic acids is 1. The second-order valence-electron chi connectivity index (χ2n) is 5.05. The lowest BCUT2D eigenvalue weighted by molar-refractivity contribution is -0.385. The van der Waals surface area contributed by atoms with Crippen molar-refractivity contribution in [3.63, 3.8) is 0 Å². The van der Waals surface area contributed by atoms with Crippen LogP contribution in [0.1, 0.15) is 6.92 Å². The predicted molar refractivity (Wildman–Crippen MR) is 77.8 cm³/mol. The van der Waals surface area contributed by atoms with E-state index in [9.17, 15) is 14.9 Å². The summed E-state index contributed by atoms with van der Waals surface area (Å²) in [5.74, 6) is 0.460. The number of aromatic nitrogens is 2. The first-order chi connectivity index (χ1) is 10.5. The van der Waals surface area contributed by atoms with Crippen LogP contribution in [0.3, 0.4) is 0 Å². The topological polar surface area (TPSA) is 90.5 Å². The van der Waals surface area contributed by atoms with E-state index in [0.29, 0.717) is 18.0 Å². The highest BCUT2D eigenvalue weighted by molar-refractivity contribution is 5.95. The second kappa shape index (κ2) is 5.47. The van der Waals surface area contributed by atoms with Gasteiger partial charge in [-0.2, -0.15) is 5.10 Å². The Bertz CT molecular complexity index is 727. The molecule has 0 spiro atoms. The first-order valence-electron chi connectivity index (χ1n) is 6.77. The highest BCUT2D eigenvalue weighted by Crippen LogP contribution is 2.33. The van der Waals surface area contributed by atoms with E-state index in [1.165, 1.54) is 10.9 Å². The molecule has 0 fully saturated rings. The standard InChI is InChI=1S/C14H14N4O4/c1-10-7-17(12-4-2-3-5-13(12)22-10)14(19)9-16-8-11(6-15-16)18(20)21/h2-6,8,10H,7,9H2,1H3. The third-order valence-electron chi connectivity index (χ3n) is 3.35. The van der Waals surface area contributed by atoms with Crippen LogP contribution < -0.4 is 9.64 Å². The van der Waals surface area contributed by atoms with Gasteiger partial charge in [0.2, 0.25) is 5.91 Å². The number of para-hydroxylation sites is 2. The highest BCUT2D eigenvalue weighted by atomic mass is 16.6. The second-order valence-corrected chi connectivity index (χ2v) is 5.05. The van der Waals surface area contributed by atoms with Crippen LogP contribution in [-0.2, 0) is 11.3 Å². The summed E-state index contributed by atoms with van der Waals surface area (Å²) in [7, 11) is 0. The van der Waals surface area contributed by atoms with Crippen LogP contribution in [0, 0.1) is 10.1 Å². The van der Waals surface area contributed by atoms with Gasteiger partial charge < -0.3 is 9.64 Å². The number of hydrogen-bond donors (Lipinski definition) is 0. The molecule has 22 heavy (non-hydrogen) atoms. The molecule has 114 valence electrons. The van der Waals surface area contributed by atoms with Crippen molar-refractivity contribution in [1.82, 2.24) is 9.78 Å². The van der Waals surface area contributed by atoms with Gasteiger partial charge in [-0.05, 0) is 19.1 Å². The van der Waals surface area contributed by atoms with Crippen LogP contribution in [0.25, 0.3) is 0 Å². The lowest BCUT2D eigenvalue weighted by Gasteiger charge is -2.33. The Kier molecular flexibility index (Phi) is 3.50. The number of carbonyl (C=O) groups is 1. The molecule has 2 heterocycles. The number of anilines is 1.